The lowest BCUT2D eigenvalue weighted by atomic mass is 10.0. The van der Waals surface area contributed by atoms with E-state index in [2.05, 4.69) is 69.4 Å². The van der Waals surface area contributed by atoms with Gasteiger partial charge in [-0.25, -0.2) is 0 Å². The van der Waals surface area contributed by atoms with E-state index in [1.807, 2.05) is 0 Å². The lowest BCUT2D eigenvalue weighted by molar-refractivity contribution is -0.167. The zero-order valence-electron chi connectivity index (χ0n) is 53.2. The van der Waals surface area contributed by atoms with E-state index in [-0.39, 0.29) is 31.1 Å². The van der Waals surface area contributed by atoms with Crippen LogP contribution in [-0.4, -0.2) is 37.2 Å². The van der Waals surface area contributed by atoms with Crippen LogP contribution in [0, 0.1) is 0 Å². The maximum absolute atomic E-state index is 12.9. The first-order chi connectivity index (χ1) is 39.0. The molecular weight excluding hydrogens is 973 g/mol. The van der Waals surface area contributed by atoms with Crippen molar-refractivity contribution in [3.05, 3.63) is 48.6 Å². The number of unbranched alkanes of at least 4 members (excludes halogenated alkanes) is 46. The second kappa shape index (κ2) is 67.9. The van der Waals surface area contributed by atoms with Gasteiger partial charge in [-0.3, -0.25) is 14.4 Å². The van der Waals surface area contributed by atoms with Crippen molar-refractivity contribution in [1.29, 1.82) is 0 Å². The summed E-state index contributed by atoms with van der Waals surface area (Å²) in [5.74, 6) is -0.875. The minimum absolute atomic E-state index is 0.0772. The predicted molar refractivity (Wildman–Crippen MR) is 344 cm³/mol. The molecule has 0 rings (SSSR count). The molecule has 0 saturated heterocycles. The number of ether oxygens (including phenoxy) is 3. The highest BCUT2D eigenvalue weighted by atomic mass is 16.6. The summed E-state index contributed by atoms with van der Waals surface area (Å²) in [6, 6.07) is 0. The maximum Gasteiger partial charge on any atom is 0.306 e. The third-order valence-corrected chi connectivity index (χ3v) is 15.8. The Balaban J connectivity index is 4.26. The van der Waals surface area contributed by atoms with Gasteiger partial charge in [0.2, 0.25) is 0 Å². The van der Waals surface area contributed by atoms with Crippen LogP contribution in [0.25, 0.3) is 0 Å². The molecule has 0 aliphatic carbocycles. The topological polar surface area (TPSA) is 78.9 Å². The van der Waals surface area contributed by atoms with Gasteiger partial charge in [0, 0.05) is 19.3 Å². The van der Waals surface area contributed by atoms with Crippen LogP contribution in [0.5, 0.6) is 0 Å². The molecule has 1 unspecified atom stereocenters. The van der Waals surface area contributed by atoms with Gasteiger partial charge in [-0.15, -0.1) is 0 Å². The third kappa shape index (κ3) is 66.1. The van der Waals surface area contributed by atoms with E-state index in [0.717, 1.165) is 89.9 Å². The van der Waals surface area contributed by atoms with Crippen LogP contribution < -0.4 is 0 Å². The lowest BCUT2D eigenvalue weighted by Crippen LogP contribution is -2.30. The van der Waals surface area contributed by atoms with Gasteiger partial charge in [-0.05, 0) is 83.5 Å². The Morgan fingerprint density at radius 1 is 0.253 bits per heavy atom. The molecule has 6 nitrogen and oxygen atoms in total. The van der Waals surface area contributed by atoms with Crippen molar-refractivity contribution in [2.45, 2.75) is 386 Å². The monoisotopic (exact) mass is 1110 g/mol. The van der Waals surface area contributed by atoms with Gasteiger partial charge in [0.1, 0.15) is 13.2 Å². The van der Waals surface area contributed by atoms with Gasteiger partial charge in [-0.2, -0.15) is 0 Å². The molecule has 0 spiro atoms. The van der Waals surface area contributed by atoms with E-state index in [1.165, 1.54) is 250 Å². The van der Waals surface area contributed by atoms with Crippen LogP contribution in [0.2, 0.25) is 0 Å². The molecule has 0 N–H and O–H groups in total. The van der Waals surface area contributed by atoms with Gasteiger partial charge in [0.15, 0.2) is 6.10 Å². The Bertz CT molecular complexity index is 1360. The molecule has 0 saturated carbocycles. The summed E-state index contributed by atoms with van der Waals surface area (Å²) in [5, 5.41) is 0. The second-order valence-corrected chi connectivity index (χ2v) is 23.8. The average molecular weight is 1110 g/mol. The van der Waals surface area contributed by atoms with Crippen molar-refractivity contribution in [1.82, 2.24) is 0 Å². The smallest absolute Gasteiger partial charge is 0.306 e. The molecule has 0 aliphatic rings. The first-order valence-electron chi connectivity index (χ1n) is 35.1. The van der Waals surface area contributed by atoms with E-state index >= 15 is 0 Å². The Labute approximate surface area is 492 Å². The fourth-order valence-corrected chi connectivity index (χ4v) is 10.5. The van der Waals surface area contributed by atoms with Gasteiger partial charge in [-0.1, -0.05) is 326 Å². The Morgan fingerprint density at radius 3 is 0.709 bits per heavy atom. The number of hydrogen-bond acceptors (Lipinski definition) is 6. The molecule has 0 bridgehead atoms. The molecule has 0 fully saturated rings. The highest BCUT2D eigenvalue weighted by Crippen LogP contribution is 2.18. The minimum atomic E-state index is -0.783. The van der Waals surface area contributed by atoms with Gasteiger partial charge in [0.05, 0.1) is 0 Å². The fraction of sp³-hybridized carbons (Fsp3) is 0.849. The normalized spacial score (nSPS) is 12.3. The SMILES string of the molecule is CCCCCC/C=C\C/C=C\CCCCCCCCCC(=O)OC(COC(=O)CCCCCCC/C=C\C/C=C\CCCCCC)COC(=O)CCCCCCCCCCCCCCCCCCCCCCCCCCCCC. The van der Waals surface area contributed by atoms with Crippen LogP contribution in [0.1, 0.15) is 380 Å². The maximum atomic E-state index is 12.9. The van der Waals surface area contributed by atoms with Crippen molar-refractivity contribution in [2.75, 3.05) is 13.2 Å². The Morgan fingerprint density at radius 2 is 0.456 bits per heavy atom. The van der Waals surface area contributed by atoms with Crippen LogP contribution in [0.15, 0.2) is 48.6 Å². The van der Waals surface area contributed by atoms with Crippen molar-refractivity contribution in [3.8, 4) is 0 Å². The summed E-state index contributed by atoms with van der Waals surface area (Å²) in [5.41, 5.74) is 0. The molecule has 0 aromatic heterocycles. The predicted octanol–water partition coefficient (Wildman–Crippen LogP) is 24.1. The summed E-state index contributed by atoms with van der Waals surface area (Å²) in [7, 11) is 0. The summed E-state index contributed by atoms with van der Waals surface area (Å²) in [4.78, 5) is 38.4. The van der Waals surface area contributed by atoms with Crippen molar-refractivity contribution >= 4 is 17.9 Å². The molecule has 0 radical (unpaired) electrons. The minimum Gasteiger partial charge on any atom is -0.462 e. The third-order valence-electron chi connectivity index (χ3n) is 15.8. The standard InChI is InChI=1S/C73H134O6/c1-4-7-10-13-16-19-22-25-28-31-33-34-35-36-37-38-39-40-41-43-45-48-51-54-57-60-63-66-72(75)78-69-70(68-77-71(74)65-62-59-56-53-50-47-44-30-27-24-21-18-15-12-9-6-3)79-73(76)67-64-61-58-55-52-49-46-42-32-29-26-23-20-17-14-11-8-5-2/h20-21,23-24,29-30,32,44,70H,4-19,22,25-28,31,33-43,45-69H2,1-3H3/b23-20-,24-21-,32-29-,44-30-. The molecular formula is C73H134O6. The van der Waals surface area contributed by atoms with E-state index in [0.29, 0.717) is 19.3 Å². The first kappa shape index (κ1) is 76.4. The molecule has 0 heterocycles. The highest BCUT2D eigenvalue weighted by Gasteiger charge is 2.19. The van der Waals surface area contributed by atoms with Crippen LogP contribution in [0.4, 0.5) is 0 Å². The number of carbonyl (C=O) groups is 3. The van der Waals surface area contributed by atoms with Gasteiger partial charge in [0.25, 0.3) is 0 Å². The van der Waals surface area contributed by atoms with Crippen LogP contribution in [0.3, 0.4) is 0 Å². The largest absolute Gasteiger partial charge is 0.462 e. The number of carbonyl (C=O) groups excluding carboxylic acids is 3. The number of rotatable bonds is 65. The molecule has 462 valence electrons. The van der Waals surface area contributed by atoms with Crippen molar-refractivity contribution in [2.24, 2.45) is 0 Å². The van der Waals surface area contributed by atoms with Crippen LogP contribution in [-0.2, 0) is 28.6 Å². The lowest BCUT2D eigenvalue weighted by Gasteiger charge is -2.18. The zero-order chi connectivity index (χ0) is 57.1. The average Bonchev–Trinajstić information content (AvgIpc) is 3.45. The fourth-order valence-electron chi connectivity index (χ4n) is 10.5. The molecule has 1 atom stereocenters. The zero-order valence-corrected chi connectivity index (χ0v) is 53.2. The van der Waals surface area contributed by atoms with E-state index in [1.54, 1.807) is 0 Å². The van der Waals surface area contributed by atoms with E-state index in [4.69, 9.17) is 14.2 Å². The van der Waals surface area contributed by atoms with E-state index in [9.17, 15) is 14.4 Å². The molecule has 6 heteroatoms. The number of hydrogen-bond donors (Lipinski definition) is 0. The molecule has 0 aromatic carbocycles. The van der Waals surface area contributed by atoms with E-state index < -0.39 is 6.10 Å². The number of allylic oxidation sites excluding steroid dienone is 8. The Hall–Kier alpha value is -2.63. The summed E-state index contributed by atoms with van der Waals surface area (Å²) >= 11 is 0. The van der Waals surface area contributed by atoms with Crippen molar-refractivity contribution < 1.29 is 28.6 Å². The molecule has 0 amide bonds. The molecule has 79 heavy (non-hydrogen) atoms. The number of esters is 3. The summed E-state index contributed by atoms with van der Waals surface area (Å²) < 4.78 is 17.0. The Kier molecular flexibility index (Phi) is 65.6. The molecule has 0 aromatic rings. The van der Waals surface area contributed by atoms with Gasteiger partial charge >= 0.3 is 17.9 Å². The van der Waals surface area contributed by atoms with Gasteiger partial charge < -0.3 is 14.2 Å². The summed E-state index contributed by atoms with van der Waals surface area (Å²) in [6.45, 7) is 6.65. The quantitative estimate of drug-likeness (QED) is 0.0261. The summed E-state index contributed by atoms with van der Waals surface area (Å²) in [6.07, 6.45) is 85.7. The second-order valence-electron chi connectivity index (χ2n) is 23.8. The van der Waals surface area contributed by atoms with Crippen molar-refractivity contribution in [3.63, 3.8) is 0 Å². The molecule has 0 aliphatic heterocycles. The first-order valence-corrected chi connectivity index (χ1v) is 35.1. The highest BCUT2D eigenvalue weighted by molar-refractivity contribution is 5.71. The van der Waals surface area contributed by atoms with Crippen LogP contribution >= 0.6 is 0 Å².